The molecular formula is C94H80Cl2Zr2-2. The molecule has 0 aliphatic carbocycles. The van der Waals surface area contributed by atoms with E-state index in [-0.39, 0.29) is 48.5 Å². The molecule has 0 amide bonds. The molecule has 0 saturated heterocycles. The van der Waals surface area contributed by atoms with E-state index in [2.05, 4.69) is 416 Å². The van der Waals surface area contributed by atoms with Gasteiger partial charge < -0.3 is 24.8 Å². The maximum Gasteiger partial charge on any atom is -0.00686 e. The molecule has 0 radical (unpaired) electrons. The Balaban J connectivity index is 0.000000146. The van der Waals surface area contributed by atoms with Crippen molar-refractivity contribution in [2.45, 2.75) is 51.4 Å². The summed E-state index contributed by atoms with van der Waals surface area (Å²) >= 11 is 3.11. The molecule has 0 unspecified atom stereocenters. The van der Waals surface area contributed by atoms with Gasteiger partial charge in [0.15, 0.2) is 0 Å². The third-order valence-electron chi connectivity index (χ3n) is 17.2. The minimum absolute atomic E-state index is 0. The Morgan fingerprint density at radius 2 is 0.327 bits per heavy atom. The number of hydrogen-bond acceptors (Lipinski definition) is 0. The molecule has 0 saturated carbocycles. The zero-order valence-corrected chi connectivity index (χ0v) is 62.4. The molecule has 4 heteroatoms. The van der Waals surface area contributed by atoms with Crippen LogP contribution >= 0.6 is 0 Å². The van der Waals surface area contributed by atoms with Crippen LogP contribution in [-0.2, 0) is 48.5 Å². The van der Waals surface area contributed by atoms with Crippen LogP contribution < -0.4 is 24.8 Å². The maximum absolute atomic E-state index is 2.27. The second-order valence-corrected chi connectivity index (χ2v) is 29.4. The fraction of sp³-hybridized carbons (Fsp3) is 0.0851. The summed E-state index contributed by atoms with van der Waals surface area (Å²) < 4.78 is 3.01. The van der Waals surface area contributed by atoms with Crippen LogP contribution in [0.25, 0.3) is 43.1 Å². The molecule has 0 aromatic heterocycles. The zero-order valence-electron chi connectivity index (χ0n) is 56.0. The van der Waals surface area contributed by atoms with Crippen molar-refractivity contribution >= 4 is 49.5 Å². The summed E-state index contributed by atoms with van der Waals surface area (Å²) in [5, 5.41) is 10.6. The van der Waals surface area contributed by atoms with Crippen molar-refractivity contribution in [1.29, 1.82) is 0 Å². The van der Waals surface area contributed by atoms with Crippen LogP contribution in [0.3, 0.4) is 0 Å². The largest absolute Gasteiger partial charge is 1.00 e. The Bertz CT molecular complexity index is 4170. The quantitative estimate of drug-likeness (QED) is 0.107. The second kappa shape index (κ2) is 37.8. The Morgan fingerprint density at radius 3 is 0.469 bits per heavy atom. The molecule has 0 heterocycles. The van der Waals surface area contributed by atoms with Crippen LogP contribution in [0, 0.1) is 0 Å². The first-order chi connectivity index (χ1) is 47.2. The molecule has 16 rings (SSSR count). The Morgan fingerprint density at radius 1 is 0.204 bits per heavy atom. The van der Waals surface area contributed by atoms with E-state index in [0.29, 0.717) is 0 Å². The van der Waals surface area contributed by atoms with E-state index in [9.17, 15) is 0 Å². The van der Waals surface area contributed by atoms with E-state index >= 15 is 0 Å². The van der Waals surface area contributed by atoms with Crippen LogP contribution in [0.4, 0.5) is 0 Å². The predicted molar refractivity (Wildman–Crippen MR) is 406 cm³/mol. The number of rotatable bonds is 12. The second-order valence-electron chi connectivity index (χ2n) is 24.5. The number of benzene rings is 12. The van der Waals surface area contributed by atoms with E-state index < -0.39 is 0 Å². The van der Waals surface area contributed by atoms with Crippen molar-refractivity contribution in [1.82, 2.24) is 0 Å². The molecular weight excluding hydrogens is 1380 g/mol. The third-order valence-corrected chi connectivity index (χ3v) is 17.2. The molecule has 480 valence electrons. The van der Waals surface area contributed by atoms with E-state index in [1.807, 2.05) is 0 Å². The first-order valence-electron chi connectivity index (χ1n) is 33.2. The minimum atomic E-state index is 0. The van der Waals surface area contributed by atoms with Gasteiger partial charge in [-0.1, -0.05) is 267 Å². The van der Waals surface area contributed by atoms with E-state index in [0.717, 1.165) is 0 Å². The molecule has 0 aliphatic heterocycles. The molecule has 0 atom stereocenters. The summed E-state index contributed by atoms with van der Waals surface area (Å²) in [5.74, 6) is 1.12. The number of hydrogen-bond donors (Lipinski definition) is 0. The summed E-state index contributed by atoms with van der Waals surface area (Å²) in [6.07, 6.45) is 0. The summed E-state index contributed by atoms with van der Waals surface area (Å²) in [6, 6.07) is 139. The van der Waals surface area contributed by atoms with Crippen molar-refractivity contribution in [3.63, 3.8) is 0 Å². The van der Waals surface area contributed by atoms with Crippen molar-refractivity contribution < 1.29 is 73.3 Å². The standard InChI is InChI=1S/4C22H17.2C3H6.2ClH.2Zr/c4*1-3-10-18(11-4-1)22(19-12-5-2-6-13-19)21-16-15-17-9-7-8-14-20(17)21;2*1-3-2;;;;/h4*1-16,22H;2*1-2H3;2*1H;;/q4*-1;;;;;2*+2/p-2. The van der Waals surface area contributed by atoms with Crippen LogP contribution in [0.2, 0.25) is 0 Å². The van der Waals surface area contributed by atoms with Crippen LogP contribution in [0.15, 0.2) is 388 Å². The summed E-state index contributed by atoms with van der Waals surface area (Å²) in [6.45, 7) is 8.49. The maximum atomic E-state index is 2.27. The molecule has 0 spiro atoms. The third kappa shape index (κ3) is 19.3. The Kier molecular flexibility index (Phi) is 28.3. The van der Waals surface area contributed by atoms with Gasteiger partial charge in [-0.05, 0) is 68.2 Å². The van der Waals surface area contributed by atoms with Gasteiger partial charge in [-0.2, -0.15) is 0 Å². The van der Waals surface area contributed by atoms with Gasteiger partial charge >= 0.3 is 82.6 Å². The van der Waals surface area contributed by atoms with Gasteiger partial charge in [-0.15, -0.1) is 187 Å². The molecule has 0 N–H and O–H groups in total. The predicted octanol–water partition coefficient (Wildman–Crippen LogP) is 18.5. The molecule has 98 heavy (non-hydrogen) atoms. The van der Waals surface area contributed by atoms with Gasteiger partial charge in [-0.3, -0.25) is 0 Å². The SMILES string of the molecule is C[C](C)=[Zr+2].C[C](C)=[Zr+2].[Cl-].[Cl-].c1ccc(C(c2ccccc2)c2c[cH-]c3ccccc23)cc1.c1ccc(C(c2ccccc2)c2c[cH-]c3ccccc23)cc1.c1ccc(C(c2ccccc2)c2c[cH-]c3ccccc23)cc1.c1ccc(C(c2ccccc2)c2c[cH-]c3ccccc23)cc1. The normalized spacial score (nSPS) is 10.6. The van der Waals surface area contributed by atoms with Gasteiger partial charge in [0.25, 0.3) is 0 Å². The fourth-order valence-electron chi connectivity index (χ4n) is 13.1. The van der Waals surface area contributed by atoms with Gasteiger partial charge in [0.05, 0.1) is 0 Å². The fourth-order valence-corrected chi connectivity index (χ4v) is 13.1. The summed E-state index contributed by atoms with van der Waals surface area (Å²) in [4.78, 5) is 0. The summed E-state index contributed by atoms with van der Waals surface area (Å²) in [5.41, 5.74) is 16.2. The van der Waals surface area contributed by atoms with Gasteiger partial charge in [0.1, 0.15) is 0 Å². The molecule has 0 fully saturated rings. The molecule has 16 aromatic carbocycles. The molecule has 16 aromatic rings. The van der Waals surface area contributed by atoms with Crippen LogP contribution in [0.5, 0.6) is 0 Å². The first kappa shape index (κ1) is 73.4. The molecule has 0 aliphatic rings. The average Bonchev–Trinajstić information content (AvgIpc) is 1.16. The molecule has 0 nitrogen and oxygen atoms in total. The zero-order chi connectivity index (χ0) is 66.3. The van der Waals surface area contributed by atoms with Crippen molar-refractivity contribution in [3.05, 3.63) is 455 Å². The monoisotopic (exact) mass is 1460 g/mol. The number of fused-ring (bicyclic) bond motifs is 4. The van der Waals surface area contributed by atoms with Crippen molar-refractivity contribution in [2.24, 2.45) is 0 Å². The van der Waals surface area contributed by atoms with E-state index in [4.69, 9.17) is 0 Å². The van der Waals surface area contributed by atoms with Gasteiger partial charge in [-0.25, -0.2) is 0 Å². The smallest absolute Gasteiger partial charge is 0.00686 e. The van der Waals surface area contributed by atoms with Gasteiger partial charge in [0, 0.05) is 0 Å². The Labute approximate surface area is 623 Å². The van der Waals surface area contributed by atoms with Crippen LogP contribution in [-0.4, -0.2) is 6.41 Å². The molecule has 0 bridgehead atoms. The van der Waals surface area contributed by atoms with E-state index in [1.54, 1.807) is 48.5 Å². The summed E-state index contributed by atoms with van der Waals surface area (Å²) in [7, 11) is 0. The number of halogens is 2. The topological polar surface area (TPSA) is 0 Å². The first-order valence-corrected chi connectivity index (χ1v) is 35.7. The Hall–Kier alpha value is -8.83. The average molecular weight is 1460 g/mol. The van der Waals surface area contributed by atoms with Gasteiger partial charge in [0.2, 0.25) is 0 Å². The van der Waals surface area contributed by atoms with E-state index in [1.165, 1.54) is 116 Å². The van der Waals surface area contributed by atoms with Crippen molar-refractivity contribution in [3.8, 4) is 0 Å². The van der Waals surface area contributed by atoms with Crippen LogP contribution in [0.1, 0.15) is 118 Å². The minimum Gasteiger partial charge on any atom is -1.00 e. The van der Waals surface area contributed by atoms with Crippen molar-refractivity contribution in [2.75, 3.05) is 0 Å².